The van der Waals surface area contributed by atoms with Crippen molar-refractivity contribution >= 4 is 6.29 Å². The first-order valence-corrected chi connectivity index (χ1v) is 3.30. The largest absolute Gasteiger partial charge is 0.302 e. The van der Waals surface area contributed by atoms with Crippen LogP contribution in [-0.2, 0) is 4.79 Å². The van der Waals surface area contributed by atoms with Crippen LogP contribution in [0.4, 0.5) is 0 Å². The molecule has 2 heteroatoms. The van der Waals surface area contributed by atoms with Crippen molar-refractivity contribution < 1.29 is 4.79 Å². The zero-order chi connectivity index (χ0) is 7.86. The topological polar surface area (TPSA) is 20.3 Å². The highest BCUT2D eigenvalue weighted by Crippen LogP contribution is 1.82. The Morgan fingerprint density at radius 2 is 1.67 bits per heavy atom. The summed E-state index contributed by atoms with van der Waals surface area (Å²) >= 11 is 0. The van der Waals surface area contributed by atoms with E-state index in [4.69, 9.17) is 0 Å². The number of hydrogen-bond donors (Lipinski definition) is 0. The number of aldehydes is 1. The molecule has 0 fully saturated rings. The number of nitrogens with zero attached hydrogens (tertiary/aromatic N) is 1. The molecule has 0 unspecified atom stereocenters. The van der Waals surface area contributed by atoms with Crippen LogP contribution in [0.15, 0.2) is 0 Å². The number of rotatable bonds is 2. The van der Waals surface area contributed by atoms with Crippen LogP contribution in [0.5, 0.6) is 0 Å². The maximum atomic E-state index is 9.90. The lowest BCUT2D eigenvalue weighted by molar-refractivity contribution is -0.111. The molecule has 56 valence electrons. The Morgan fingerprint density at radius 3 is 1.67 bits per heavy atom. The van der Waals surface area contributed by atoms with E-state index in [0.29, 0.717) is 0 Å². The summed E-state index contributed by atoms with van der Waals surface area (Å²) in [4.78, 5) is 11.8. The van der Waals surface area contributed by atoms with Gasteiger partial charge in [0.1, 0.15) is 6.29 Å². The van der Waals surface area contributed by atoms with E-state index in [1.165, 1.54) is 0 Å². The number of hydrogen-bond acceptors (Lipinski definition) is 2. The Morgan fingerprint density at radius 1 is 1.33 bits per heavy atom. The molecule has 0 bridgehead atoms. The minimum absolute atomic E-state index is 0.0556. The van der Waals surface area contributed by atoms with Gasteiger partial charge in [-0.05, 0) is 21.0 Å². The van der Waals surface area contributed by atoms with Crippen molar-refractivity contribution in [3.05, 3.63) is 0 Å². The smallest absolute Gasteiger partial charge is 0.136 e. The first-order valence-electron chi connectivity index (χ1n) is 3.30. The number of carbonyl (C=O) groups is 1. The Bertz CT molecular complexity index is 61.9. The van der Waals surface area contributed by atoms with Crippen LogP contribution in [0, 0.1) is 0 Å². The summed E-state index contributed by atoms with van der Waals surface area (Å²) in [5.41, 5.74) is 0. The Kier molecular flexibility index (Phi) is 9.69. The Labute approximate surface area is 57.9 Å². The maximum absolute atomic E-state index is 9.90. The van der Waals surface area contributed by atoms with Crippen molar-refractivity contribution in [3.8, 4) is 0 Å². The number of carbonyl (C=O) groups excluding carboxylic acids is 1. The average molecular weight is 131 g/mol. The second-order valence-corrected chi connectivity index (χ2v) is 1.84. The van der Waals surface area contributed by atoms with E-state index in [-0.39, 0.29) is 6.04 Å². The predicted molar refractivity (Wildman–Crippen MR) is 40.6 cm³/mol. The minimum Gasteiger partial charge on any atom is -0.302 e. The Hall–Kier alpha value is -0.370. The summed E-state index contributed by atoms with van der Waals surface area (Å²) in [5.74, 6) is 0. The molecule has 0 aliphatic heterocycles. The summed E-state index contributed by atoms with van der Waals surface area (Å²) in [6.07, 6.45) is 0.917. The molecule has 0 amide bonds. The molecule has 0 aromatic heterocycles. The third-order valence-electron chi connectivity index (χ3n) is 1.01. The third-order valence-corrected chi connectivity index (χ3v) is 1.01. The van der Waals surface area contributed by atoms with E-state index in [9.17, 15) is 4.79 Å². The van der Waals surface area contributed by atoms with Gasteiger partial charge in [-0.25, -0.2) is 0 Å². The molecule has 0 saturated carbocycles. The predicted octanol–water partition coefficient (Wildman–Crippen LogP) is 1.16. The van der Waals surface area contributed by atoms with Crippen LogP contribution in [0.1, 0.15) is 20.8 Å². The highest BCUT2D eigenvalue weighted by atomic mass is 16.1. The van der Waals surface area contributed by atoms with Crippen LogP contribution < -0.4 is 0 Å². The van der Waals surface area contributed by atoms with E-state index in [1.807, 2.05) is 39.8 Å². The summed E-state index contributed by atoms with van der Waals surface area (Å²) in [6.45, 7) is 5.85. The van der Waals surface area contributed by atoms with E-state index in [1.54, 1.807) is 0 Å². The zero-order valence-electron chi connectivity index (χ0n) is 7.01. The highest BCUT2D eigenvalue weighted by Gasteiger charge is 1.97. The van der Waals surface area contributed by atoms with Gasteiger partial charge in [-0.1, -0.05) is 13.8 Å². The molecule has 0 rings (SSSR count). The van der Waals surface area contributed by atoms with Gasteiger partial charge < -0.3 is 9.69 Å². The van der Waals surface area contributed by atoms with E-state index >= 15 is 0 Å². The molecule has 0 spiro atoms. The summed E-state index contributed by atoms with van der Waals surface area (Å²) in [6, 6.07) is 0.0556. The van der Waals surface area contributed by atoms with Gasteiger partial charge in [0, 0.05) is 0 Å². The highest BCUT2D eigenvalue weighted by molar-refractivity contribution is 5.56. The first-order chi connectivity index (χ1) is 4.18. The molecule has 0 aromatic rings. The van der Waals surface area contributed by atoms with Gasteiger partial charge >= 0.3 is 0 Å². The molecule has 2 nitrogen and oxygen atoms in total. The van der Waals surface area contributed by atoms with Gasteiger partial charge in [0.05, 0.1) is 6.04 Å². The van der Waals surface area contributed by atoms with Crippen molar-refractivity contribution in [2.75, 3.05) is 14.1 Å². The van der Waals surface area contributed by atoms with Crippen LogP contribution in [0.25, 0.3) is 0 Å². The van der Waals surface area contributed by atoms with Crippen molar-refractivity contribution in [1.29, 1.82) is 0 Å². The average Bonchev–Trinajstić information content (AvgIpc) is 1.91. The molecule has 0 aliphatic carbocycles. The summed E-state index contributed by atoms with van der Waals surface area (Å²) in [7, 11) is 3.75. The van der Waals surface area contributed by atoms with Gasteiger partial charge in [0.15, 0.2) is 0 Å². The first kappa shape index (κ1) is 11.4. The molecule has 0 aromatic carbocycles. The normalized spacial score (nSPS) is 11.8. The fraction of sp³-hybridized carbons (Fsp3) is 0.857. The lowest BCUT2D eigenvalue weighted by atomic mass is 10.4. The molecular weight excluding hydrogens is 114 g/mol. The molecule has 0 saturated heterocycles. The molecule has 0 radical (unpaired) electrons. The van der Waals surface area contributed by atoms with Crippen molar-refractivity contribution in [2.45, 2.75) is 26.8 Å². The molecular formula is C7H17NO. The lowest BCUT2D eigenvalue weighted by Gasteiger charge is -2.11. The number of likely N-dealkylation sites (N-methyl/N-ethyl adjacent to an activating group) is 1. The molecule has 1 atom stereocenters. The second kappa shape index (κ2) is 7.63. The van der Waals surface area contributed by atoms with Crippen LogP contribution in [0.3, 0.4) is 0 Å². The Balaban J connectivity index is 0. The van der Waals surface area contributed by atoms with Crippen molar-refractivity contribution in [1.82, 2.24) is 4.90 Å². The standard InChI is InChI=1S/C5H11NO.C2H6/c1-5(4-7)6(2)3;1-2/h4-5H,1-3H3;1-2H3/t5-;/m1./s1. The lowest BCUT2D eigenvalue weighted by Crippen LogP contribution is -2.25. The molecule has 0 aliphatic rings. The SMILES string of the molecule is CC.C[C@H](C=O)N(C)C. The van der Waals surface area contributed by atoms with Crippen LogP contribution in [-0.4, -0.2) is 31.3 Å². The fourth-order valence-electron chi connectivity index (χ4n) is 0.122. The minimum atomic E-state index is 0.0556. The quantitative estimate of drug-likeness (QED) is 0.524. The van der Waals surface area contributed by atoms with E-state index in [2.05, 4.69) is 0 Å². The zero-order valence-corrected chi connectivity index (χ0v) is 7.01. The van der Waals surface area contributed by atoms with Gasteiger partial charge in [0.25, 0.3) is 0 Å². The van der Waals surface area contributed by atoms with E-state index < -0.39 is 0 Å². The van der Waals surface area contributed by atoms with Gasteiger partial charge in [0.2, 0.25) is 0 Å². The molecule has 9 heavy (non-hydrogen) atoms. The van der Waals surface area contributed by atoms with Crippen molar-refractivity contribution in [3.63, 3.8) is 0 Å². The van der Waals surface area contributed by atoms with Crippen LogP contribution >= 0.6 is 0 Å². The van der Waals surface area contributed by atoms with Gasteiger partial charge in [-0.15, -0.1) is 0 Å². The van der Waals surface area contributed by atoms with E-state index in [0.717, 1.165) is 6.29 Å². The van der Waals surface area contributed by atoms with Gasteiger partial charge in [-0.3, -0.25) is 0 Å². The summed E-state index contributed by atoms with van der Waals surface area (Å²) < 4.78 is 0. The molecule has 0 heterocycles. The fourth-order valence-corrected chi connectivity index (χ4v) is 0.122. The summed E-state index contributed by atoms with van der Waals surface area (Å²) in [5, 5.41) is 0. The van der Waals surface area contributed by atoms with Gasteiger partial charge in [-0.2, -0.15) is 0 Å². The monoisotopic (exact) mass is 131 g/mol. The van der Waals surface area contributed by atoms with Crippen LogP contribution in [0.2, 0.25) is 0 Å². The third kappa shape index (κ3) is 7.63. The second-order valence-electron chi connectivity index (χ2n) is 1.84. The van der Waals surface area contributed by atoms with Crippen molar-refractivity contribution in [2.24, 2.45) is 0 Å². The molecule has 0 N–H and O–H groups in total. The maximum Gasteiger partial charge on any atom is 0.136 e.